The number of rotatable bonds is 4. The van der Waals surface area contributed by atoms with Crippen LogP contribution in [0, 0.1) is 17.6 Å². The largest absolute Gasteiger partial charge is 0.354 e. The minimum Gasteiger partial charge on any atom is -0.354 e. The molecule has 1 unspecified atom stereocenters. The Morgan fingerprint density at radius 2 is 1.96 bits per heavy atom. The number of halogens is 2. The molecule has 0 bridgehead atoms. The topological polar surface area (TPSA) is 75.9 Å². The lowest BCUT2D eigenvalue weighted by Gasteiger charge is -2.32. The summed E-state index contributed by atoms with van der Waals surface area (Å²) in [6.07, 6.45) is 4.88. The molecule has 1 saturated heterocycles. The molecular formula is C19H18F2N6O. The number of nitrogens with zero attached hydrogens (tertiary/aromatic N) is 5. The van der Waals surface area contributed by atoms with Crippen LogP contribution in [0.25, 0.3) is 5.82 Å². The lowest BCUT2D eigenvalue weighted by atomic mass is 9.97. The van der Waals surface area contributed by atoms with Gasteiger partial charge in [-0.25, -0.2) is 13.5 Å². The Kier molecular flexibility index (Phi) is 4.96. The highest BCUT2D eigenvalue weighted by molar-refractivity contribution is 5.93. The number of piperidine rings is 1. The number of aromatic nitrogens is 4. The molecule has 4 rings (SSSR count). The third-order valence-electron chi connectivity index (χ3n) is 4.68. The molecule has 1 fully saturated rings. The second-order valence-corrected chi connectivity index (χ2v) is 6.60. The van der Waals surface area contributed by atoms with Gasteiger partial charge in [-0.1, -0.05) is 0 Å². The van der Waals surface area contributed by atoms with Gasteiger partial charge in [0.2, 0.25) is 5.91 Å². The van der Waals surface area contributed by atoms with Crippen molar-refractivity contribution in [3.05, 3.63) is 60.4 Å². The normalized spacial score (nSPS) is 16.8. The summed E-state index contributed by atoms with van der Waals surface area (Å²) in [5, 5.41) is 15.0. The smallest absolute Gasteiger partial charge is 0.229 e. The van der Waals surface area contributed by atoms with Crippen LogP contribution in [-0.2, 0) is 4.79 Å². The van der Waals surface area contributed by atoms with Gasteiger partial charge in [0.15, 0.2) is 11.6 Å². The maximum atomic E-state index is 13.8. The molecule has 1 N–H and O–H groups in total. The van der Waals surface area contributed by atoms with E-state index in [0.29, 0.717) is 24.6 Å². The molecule has 3 aromatic rings. The summed E-state index contributed by atoms with van der Waals surface area (Å²) in [5.74, 6) is -0.705. The van der Waals surface area contributed by atoms with E-state index in [4.69, 9.17) is 0 Å². The van der Waals surface area contributed by atoms with Gasteiger partial charge in [0.05, 0.1) is 11.6 Å². The van der Waals surface area contributed by atoms with E-state index in [-0.39, 0.29) is 17.5 Å². The molecule has 0 aliphatic carbocycles. The first-order valence-corrected chi connectivity index (χ1v) is 8.95. The first kappa shape index (κ1) is 18.0. The monoisotopic (exact) mass is 384 g/mol. The highest BCUT2D eigenvalue weighted by atomic mass is 19.1. The van der Waals surface area contributed by atoms with Crippen molar-refractivity contribution in [3.63, 3.8) is 0 Å². The van der Waals surface area contributed by atoms with Crippen LogP contribution < -0.4 is 10.2 Å². The minimum atomic E-state index is -0.664. The lowest BCUT2D eigenvalue weighted by molar-refractivity contribution is -0.120. The number of benzene rings is 1. The summed E-state index contributed by atoms with van der Waals surface area (Å²) in [6.45, 7) is 1.17. The second kappa shape index (κ2) is 7.71. The predicted molar refractivity (Wildman–Crippen MR) is 99.1 cm³/mol. The van der Waals surface area contributed by atoms with Gasteiger partial charge in [-0.15, -0.1) is 10.2 Å². The molecule has 0 radical (unpaired) electrons. The van der Waals surface area contributed by atoms with E-state index < -0.39 is 11.6 Å². The standard InChI is InChI=1S/C19H18F2N6O/c20-14-4-5-15(21)16(11-14)23-19(28)13-3-1-9-26(12-13)17-6-7-18(25-24-17)27-10-2-8-22-27/h2,4-8,10-11,13H,1,3,9,12H2,(H,23,28). The molecule has 1 aliphatic rings. The summed E-state index contributed by atoms with van der Waals surface area (Å²) in [6, 6.07) is 8.42. The van der Waals surface area contributed by atoms with Gasteiger partial charge in [-0.2, -0.15) is 5.10 Å². The molecule has 3 heterocycles. The quantitative estimate of drug-likeness (QED) is 0.749. The van der Waals surface area contributed by atoms with Crippen molar-refractivity contribution >= 4 is 17.4 Å². The number of hydrogen-bond acceptors (Lipinski definition) is 5. The van der Waals surface area contributed by atoms with Gasteiger partial charge in [0.1, 0.15) is 11.6 Å². The van der Waals surface area contributed by atoms with E-state index in [1.54, 1.807) is 29.2 Å². The molecular weight excluding hydrogens is 366 g/mol. The van der Waals surface area contributed by atoms with Gasteiger partial charge < -0.3 is 10.2 Å². The van der Waals surface area contributed by atoms with Crippen LogP contribution in [0.1, 0.15) is 12.8 Å². The van der Waals surface area contributed by atoms with Gasteiger partial charge in [-0.3, -0.25) is 4.79 Å². The predicted octanol–water partition coefficient (Wildman–Crippen LogP) is 2.80. The molecule has 1 atom stereocenters. The van der Waals surface area contributed by atoms with E-state index in [1.807, 2.05) is 11.0 Å². The summed E-state index contributed by atoms with van der Waals surface area (Å²) in [7, 11) is 0. The van der Waals surface area contributed by atoms with Crippen molar-refractivity contribution < 1.29 is 13.6 Å². The van der Waals surface area contributed by atoms with Crippen LogP contribution in [0.15, 0.2) is 48.8 Å². The molecule has 9 heteroatoms. The molecule has 0 saturated carbocycles. The van der Waals surface area contributed by atoms with Crippen molar-refractivity contribution in [2.24, 2.45) is 5.92 Å². The Hall–Kier alpha value is -3.36. The number of nitrogens with one attached hydrogen (secondary N) is 1. The third kappa shape index (κ3) is 3.83. The van der Waals surface area contributed by atoms with Crippen molar-refractivity contribution in [2.45, 2.75) is 12.8 Å². The van der Waals surface area contributed by atoms with Crippen molar-refractivity contribution in [1.29, 1.82) is 0 Å². The Balaban J connectivity index is 1.44. The van der Waals surface area contributed by atoms with Crippen LogP contribution >= 0.6 is 0 Å². The highest BCUT2D eigenvalue weighted by Crippen LogP contribution is 2.24. The van der Waals surface area contributed by atoms with E-state index >= 15 is 0 Å². The lowest BCUT2D eigenvalue weighted by Crippen LogP contribution is -2.41. The zero-order valence-electron chi connectivity index (χ0n) is 14.9. The zero-order valence-corrected chi connectivity index (χ0v) is 14.9. The average Bonchev–Trinajstić information content (AvgIpc) is 3.26. The van der Waals surface area contributed by atoms with E-state index in [2.05, 4.69) is 20.6 Å². The maximum Gasteiger partial charge on any atom is 0.229 e. The molecule has 1 amide bonds. The Bertz CT molecular complexity index is 961. The van der Waals surface area contributed by atoms with Gasteiger partial charge in [0.25, 0.3) is 0 Å². The van der Waals surface area contributed by atoms with E-state index in [9.17, 15) is 13.6 Å². The third-order valence-corrected chi connectivity index (χ3v) is 4.68. The van der Waals surface area contributed by atoms with Crippen LogP contribution in [0.2, 0.25) is 0 Å². The fraction of sp³-hybridized carbons (Fsp3) is 0.263. The molecule has 0 spiro atoms. The van der Waals surface area contributed by atoms with Gasteiger partial charge in [0, 0.05) is 31.5 Å². The van der Waals surface area contributed by atoms with Crippen LogP contribution in [0.4, 0.5) is 20.3 Å². The Morgan fingerprint density at radius 3 is 2.71 bits per heavy atom. The van der Waals surface area contributed by atoms with Crippen molar-refractivity contribution in [1.82, 2.24) is 20.0 Å². The fourth-order valence-electron chi connectivity index (χ4n) is 3.24. The molecule has 1 aromatic carbocycles. The molecule has 7 nitrogen and oxygen atoms in total. The van der Waals surface area contributed by atoms with Gasteiger partial charge >= 0.3 is 0 Å². The van der Waals surface area contributed by atoms with E-state index in [0.717, 1.165) is 31.2 Å². The maximum absolute atomic E-state index is 13.8. The van der Waals surface area contributed by atoms with Crippen LogP contribution in [0.5, 0.6) is 0 Å². The number of carbonyl (C=O) groups excluding carboxylic acids is 1. The molecule has 2 aromatic heterocycles. The van der Waals surface area contributed by atoms with Gasteiger partial charge in [-0.05, 0) is 43.2 Å². The first-order chi connectivity index (χ1) is 13.6. The summed E-state index contributed by atoms with van der Waals surface area (Å²) in [4.78, 5) is 14.5. The van der Waals surface area contributed by atoms with Crippen LogP contribution in [-0.4, -0.2) is 39.0 Å². The Labute approximate surface area is 160 Å². The number of anilines is 2. The average molecular weight is 384 g/mol. The van der Waals surface area contributed by atoms with Crippen molar-refractivity contribution in [3.8, 4) is 5.82 Å². The Morgan fingerprint density at radius 1 is 1.14 bits per heavy atom. The summed E-state index contributed by atoms with van der Waals surface area (Å²) in [5.41, 5.74) is -0.148. The van der Waals surface area contributed by atoms with Crippen LogP contribution in [0.3, 0.4) is 0 Å². The minimum absolute atomic E-state index is 0.148. The highest BCUT2D eigenvalue weighted by Gasteiger charge is 2.27. The number of carbonyl (C=O) groups is 1. The fourth-order valence-corrected chi connectivity index (χ4v) is 3.24. The second-order valence-electron chi connectivity index (χ2n) is 6.60. The summed E-state index contributed by atoms with van der Waals surface area (Å²) < 4.78 is 28.7. The van der Waals surface area contributed by atoms with E-state index in [1.165, 1.54) is 0 Å². The zero-order chi connectivity index (χ0) is 19.5. The molecule has 1 aliphatic heterocycles. The molecule has 28 heavy (non-hydrogen) atoms. The van der Waals surface area contributed by atoms with Crippen molar-refractivity contribution in [2.75, 3.05) is 23.3 Å². The number of amides is 1. The molecule has 144 valence electrons. The summed E-state index contributed by atoms with van der Waals surface area (Å²) >= 11 is 0. The number of hydrogen-bond donors (Lipinski definition) is 1. The first-order valence-electron chi connectivity index (χ1n) is 8.95. The SMILES string of the molecule is O=C(Nc1cc(F)ccc1F)C1CCCN(c2ccc(-n3cccn3)nn2)C1.